The number of nitriles is 1. The minimum Gasteiger partial charge on any atom is -0.341 e. The van der Waals surface area contributed by atoms with Gasteiger partial charge in [-0.15, -0.1) is 0 Å². The lowest BCUT2D eigenvalue weighted by molar-refractivity contribution is -0.121. The van der Waals surface area contributed by atoms with Crippen LogP contribution in [0.25, 0.3) is 10.9 Å². The molecule has 0 atom stereocenters. The van der Waals surface area contributed by atoms with E-state index in [1.54, 1.807) is 6.07 Å². The Balaban J connectivity index is 2.51. The normalized spacial score (nSPS) is 11.3. The summed E-state index contributed by atoms with van der Waals surface area (Å²) in [5.74, 6) is -1.09. The molecule has 2 rings (SSSR count). The van der Waals surface area contributed by atoms with Crippen molar-refractivity contribution in [2.45, 2.75) is 11.4 Å². The van der Waals surface area contributed by atoms with Gasteiger partial charge in [-0.05, 0) is 18.2 Å². The van der Waals surface area contributed by atoms with Crippen LogP contribution in [-0.4, -0.2) is 25.4 Å². The molecule has 0 fully saturated rings. The maximum atomic E-state index is 13.3. The lowest BCUT2D eigenvalue weighted by Crippen LogP contribution is -2.27. The van der Waals surface area contributed by atoms with E-state index in [0.717, 1.165) is 12.1 Å². The number of halogens is 2. The molecule has 21 heavy (non-hydrogen) atoms. The Morgan fingerprint density at radius 1 is 1.48 bits per heavy atom. The molecule has 6 nitrogen and oxygen atoms in total. The van der Waals surface area contributed by atoms with Gasteiger partial charge in [0.2, 0.25) is 5.91 Å². The number of carbonyl (C=O) groups excluding carboxylic acids is 1. The highest BCUT2D eigenvalue weighted by molar-refractivity contribution is 8.14. The molecule has 0 aliphatic rings. The summed E-state index contributed by atoms with van der Waals surface area (Å²) in [6.45, 7) is -0.371. The van der Waals surface area contributed by atoms with E-state index in [0.29, 0.717) is 5.52 Å². The van der Waals surface area contributed by atoms with Crippen molar-refractivity contribution in [3.63, 3.8) is 0 Å². The number of carbonyl (C=O) groups is 1. The lowest BCUT2D eigenvalue weighted by atomic mass is 10.2. The van der Waals surface area contributed by atoms with Crippen LogP contribution < -0.4 is 5.32 Å². The fraction of sp³-hybridized carbons (Fsp3) is 0.167. The van der Waals surface area contributed by atoms with Crippen molar-refractivity contribution in [1.29, 1.82) is 5.26 Å². The molecule has 0 saturated carbocycles. The van der Waals surface area contributed by atoms with Crippen LogP contribution >= 0.6 is 10.7 Å². The molecule has 1 heterocycles. The van der Waals surface area contributed by atoms with Gasteiger partial charge in [0.25, 0.3) is 9.05 Å². The molecule has 9 heteroatoms. The van der Waals surface area contributed by atoms with Crippen LogP contribution in [0.1, 0.15) is 0 Å². The molecule has 0 radical (unpaired) electrons. The number of nitrogens with one attached hydrogen (secondary N) is 1. The van der Waals surface area contributed by atoms with E-state index < -0.39 is 20.8 Å². The minimum absolute atomic E-state index is 0.0954. The van der Waals surface area contributed by atoms with E-state index in [4.69, 9.17) is 15.9 Å². The zero-order valence-corrected chi connectivity index (χ0v) is 12.1. The van der Waals surface area contributed by atoms with Crippen molar-refractivity contribution >= 4 is 36.5 Å². The Kier molecular flexibility index (Phi) is 4.16. The predicted molar refractivity (Wildman–Crippen MR) is 73.6 cm³/mol. The SMILES string of the molecule is N#CCNC(=O)Cn1cc(S(=O)(=O)Cl)c2cc(F)ccc21. The molecule has 0 saturated heterocycles. The van der Waals surface area contributed by atoms with Gasteiger partial charge in [0.15, 0.2) is 0 Å². The predicted octanol–water partition coefficient (Wildman–Crippen LogP) is 1.35. The van der Waals surface area contributed by atoms with E-state index in [1.165, 1.54) is 16.8 Å². The van der Waals surface area contributed by atoms with Crippen molar-refractivity contribution in [2.75, 3.05) is 6.54 Å². The van der Waals surface area contributed by atoms with Gasteiger partial charge in [-0.2, -0.15) is 5.26 Å². The van der Waals surface area contributed by atoms with Crippen LogP contribution in [0.5, 0.6) is 0 Å². The third-order valence-corrected chi connectivity index (χ3v) is 4.10. The Bertz CT molecular complexity index is 854. The topological polar surface area (TPSA) is 92.0 Å². The van der Waals surface area contributed by atoms with Crippen LogP contribution in [0.15, 0.2) is 29.3 Å². The first-order chi connectivity index (χ1) is 9.82. The fourth-order valence-corrected chi connectivity index (χ4v) is 2.96. The highest BCUT2D eigenvalue weighted by Crippen LogP contribution is 2.28. The largest absolute Gasteiger partial charge is 0.341 e. The summed E-state index contributed by atoms with van der Waals surface area (Å²) in [6, 6.07) is 5.29. The number of amides is 1. The average Bonchev–Trinajstić information content (AvgIpc) is 2.74. The molecule has 1 aromatic carbocycles. The van der Waals surface area contributed by atoms with Crippen molar-refractivity contribution < 1.29 is 17.6 Å². The number of aromatic nitrogens is 1. The monoisotopic (exact) mass is 329 g/mol. The second kappa shape index (κ2) is 5.71. The van der Waals surface area contributed by atoms with Gasteiger partial charge in [-0.3, -0.25) is 4.79 Å². The molecule has 1 amide bonds. The quantitative estimate of drug-likeness (QED) is 0.677. The molecule has 0 aliphatic heterocycles. The van der Waals surface area contributed by atoms with Crippen molar-refractivity contribution in [3.8, 4) is 6.07 Å². The van der Waals surface area contributed by atoms with Gasteiger partial charge >= 0.3 is 0 Å². The van der Waals surface area contributed by atoms with Gasteiger partial charge in [-0.25, -0.2) is 12.8 Å². The van der Waals surface area contributed by atoms with E-state index in [1.807, 2.05) is 0 Å². The Morgan fingerprint density at radius 3 is 2.81 bits per heavy atom. The van der Waals surface area contributed by atoms with Crippen molar-refractivity contribution in [1.82, 2.24) is 9.88 Å². The van der Waals surface area contributed by atoms with Crippen LogP contribution in [0.3, 0.4) is 0 Å². The van der Waals surface area contributed by atoms with Gasteiger partial charge < -0.3 is 9.88 Å². The van der Waals surface area contributed by atoms with Crippen LogP contribution in [0, 0.1) is 17.1 Å². The first-order valence-corrected chi connectivity index (χ1v) is 8.00. The third kappa shape index (κ3) is 3.32. The molecular weight excluding hydrogens is 321 g/mol. The molecule has 0 aliphatic carbocycles. The number of hydrogen-bond acceptors (Lipinski definition) is 4. The highest BCUT2D eigenvalue weighted by Gasteiger charge is 2.20. The third-order valence-electron chi connectivity index (χ3n) is 2.75. The first kappa shape index (κ1) is 15.3. The molecule has 0 unspecified atom stereocenters. The summed E-state index contributed by atoms with van der Waals surface area (Å²) in [5, 5.41) is 10.8. The summed E-state index contributed by atoms with van der Waals surface area (Å²) in [6.07, 6.45) is 1.17. The molecular formula is C12H9ClFN3O3S. The zero-order valence-electron chi connectivity index (χ0n) is 10.5. The molecule has 1 N–H and O–H groups in total. The average molecular weight is 330 g/mol. The Hall–Kier alpha value is -2.11. The smallest absolute Gasteiger partial charge is 0.263 e. The maximum Gasteiger partial charge on any atom is 0.263 e. The van der Waals surface area contributed by atoms with Crippen LogP contribution in [0.4, 0.5) is 4.39 Å². The van der Waals surface area contributed by atoms with E-state index >= 15 is 0 Å². The van der Waals surface area contributed by atoms with Crippen molar-refractivity contribution in [2.24, 2.45) is 0 Å². The number of benzene rings is 1. The van der Waals surface area contributed by atoms with Crippen LogP contribution in [-0.2, 0) is 20.4 Å². The summed E-state index contributed by atoms with van der Waals surface area (Å²) in [5.41, 5.74) is 0.350. The summed E-state index contributed by atoms with van der Waals surface area (Å²) < 4.78 is 37.6. The van der Waals surface area contributed by atoms with E-state index in [9.17, 15) is 17.6 Å². The second-order valence-electron chi connectivity index (χ2n) is 4.16. The lowest BCUT2D eigenvalue weighted by Gasteiger charge is -2.04. The summed E-state index contributed by atoms with van der Waals surface area (Å²) >= 11 is 0. The fourth-order valence-electron chi connectivity index (χ4n) is 1.91. The Labute approximate surface area is 124 Å². The molecule has 0 spiro atoms. The van der Waals surface area contributed by atoms with Crippen LogP contribution in [0.2, 0.25) is 0 Å². The highest BCUT2D eigenvalue weighted by atomic mass is 35.7. The number of fused-ring (bicyclic) bond motifs is 1. The molecule has 110 valence electrons. The molecule has 2 aromatic rings. The number of nitrogens with zero attached hydrogens (tertiary/aromatic N) is 2. The first-order valence-electron chi connectivity index (χ1n) is 5.69. The van der Waals surface area contributed by atoms with Gasteiger partial charge in [-0.1, -0.05) is 0 Å². The van der Waals surface area contributed by atoms with E-state index in [2.05, 4.69) is 5.32 Å². The number of hydrogen-bond donors (Lipinski definition) is 1. The summed E-state index contributed by atoms with van der Waals surface area (Å²) in [4.78, 5) is 11.3. The van der Waals surface area contributed by atoms with Gasteiger partial charge in [0.1, 0.15) is 23.8 Å². The minimum atomic E-state index is -4.08. The summed E-state index contributed by atoms with van der Waals surface area (Å²) in [7, 11) is 1.24. The van der Waals surface area contributed by atoms with Gasteiger partial charge in [0.05, 0.1) is 11.6 Å². The Morgan fingerprint density at radius 2 is 2.19 bits per heavy atom. The van der Waals surface area contributed by atoms with Crippen molar-refractivity contribution in [3.05, 3.63) is 30.2 Å². The standard InChI is InChI=1S/C12H9ClFN3O3S/c13-21(19,20)11-6-17(7-12(18)16-4-3-15)10-2-1-8(14)5-9(10)11/h1-2,5-6H,4,7H2,(H,16,18). The van der Waals surface area contributed by atoms with Gasteiger partial charge in [0, 0.05) is 22.3 Å². The molecule has 1 aromatic heterocycles. The maximum absolute atomic E-state index is 13.3. The molecule has 0 bridgehead atoms. The zero-order chi connectivity index (χ0) is 15.6. The second-order valence-corrected chi connectivity index (χ2v) is 6.69. The number of rotatable bonds is 4. The van der Waals surface area contributed by atoms with E-state index in [-0.39, 0.29) is 23.4 Å².